The van der Waals surface area contributed by atoms with Crippen LogP contribution in [0.4, 0.5) is 0 Å². The zero-order valence-corrected chi connectivity index (χ0v) is 12.8. The van der Waals surface area contributed by atoms with E-state index in [0.717, 1.165) is 17.8 Å². The molecule has 1 unspecified atom stereocenters. The van der Waals surface area contributed by atoms with E-state index in [-0.39, 0.29) is 0 Å². The predicted octanol–water partition coefficient (Wildman–Crippen LogP) is 4.25. The molecule has 0 amide bonds. The Hall–Kier alpha value is -1.90. The van der Waals surface area contributed by atoms with Crippen LogP contribution < -0.4 is 0 Å². The Morgan fingerprint density at radius 2 is 2.00 bits per heavy atom. The fourth-order valence-corrected chi connectivity index (χ4v) is 4.24. The number of aromatic amines is 1. The van der Waals surface area contributed by atoms with Gasteiger partial charge in [-0.05, 0) is 36.3 Å². The van der Waals surface area contributed by atoms with Gasteiger partial charge in [-0.15, -0.1) is 0 Å². The number of aryl methyl sites for hydroxylation is 1. The summed E-state index contributed by atoms with van der Waals surface area (Å²) < 4.78 is 0. The van der Waals surface area contributed by atoms with Gasteiger partial charge in [0.05, 0.1) is 0 Å². The maximum atomic E-state index is 11.9. The largest absolute Gasteiger partial charge is 0.348 e. The van der Waals surface area contributed by atoms with E-state index in [9.17, 15) is 4.79 Å². The number of rotatable bonds is 3. The summed E-state index contributed by atoms with van der Waals surface area (Å²) in [4.78, 5) is 19.7. The molecule has 1 aromatic heterocycles. The average molecular weight is 294 g/mol. The van der Waals surface area contributed by atoms with Crippen LogP contribution in [0.2, 0.25) is 0 Å². The SMILES string of the molecule is O=C1CCc2cc(C(c3ncc[nH]3)C3CCCCC3)ccc21. The predicted molar refractivity (Wildman–Crippen MR) is 86.1 cm³/mol. The van der Waals surface area contributed by atoms with E-state index in [0.29, 0.717) is 24.0 Å². The number of Topliss-reactive ketones (excluding diaryl/α,β-unsaturated/α-hetero) is 1. The fourth-order valence-electron chi connectivity index (χ4n) is 4.24. The van der Waals surface area contributed by atoms with Gasteiger partial charge in [-0.2, -0.15) is 0 Å². The molecule has 4 rings (SSSR count). The second-order valence-corrected chi connectivity index (χ2v) is 6.69. The molecule has 2 aromatic rings. The van der Waals surface area contributed by atoms with E-state index in [4.69, 9.17) is 0 Å². The maximum Gasteiger partial charge on any atom is 0.163 e. The van der Waals surface area contributed by atoms with Crippen molar-refractivity contribution in [3.05, 3.63) is 53.1 Å². The number of fused-ring (bicyclic) bond motifs is 1. The number of H-pyrrole nitrogens is 1. The van der Waals surface area contributed by atoms with Crippen LogP contribution in [0.15, 0.2) is 30.6 Å². The first-order valence-electron chi connectivity index (χ1n) is 8.48. The summed E-state index contributed by atoms with van der Waals surface area (Å²) in [5, 5.41) is 0. The molecule has 1 aromatic carbocycles. The summed E-state index contributed by atoms with van der Waals surface area (Å²) in [5.74, 6) is 2.39. The Balaban J connectivity index is 1.73. The van der Waals surface area contributed by atoms with Crippen molar-refractivity contribution < 1.29 is 4.79 Å². The number of ketones is 1. The van der Waals surface area contributed by atoms with Gasteiger partial charge >= 0.3 is 0 Å². The first-order valence-corrected chi connectivity index (χ1v) is 8.48. The minimum Gasteiger partial charge on any atom is -0.348 e. The zero-order chi connectivity index (χ0) is 14.9. The number of aromatic nitrogens is 2. The summed E-state index contributed by atoms with van der Waals surface area (Å²) >= 11 is 0. The molecule has 114 valence electrons. The lowest BCUT2D eigenvalue weighted by Crippen LogP contribution is -2.19. The van der Waals surface area contributed by atoms with Crippen LogP contribution in [-0.2, 0) is 6.42 Å². The second kappa shape index (κ2) is 5.71. The number of nitrogens with zero attached hydrogens (tertiary/aromatic N) is 1. The van der Waals surface area contributed by atoms with E-state index in [1.807, 2.05) is 18.5 Å². The van der Waals surface area contributed by atoms with Crippen molar-refractivity contribution in [2.45, 2.75) is 50.9 Å². The number of imidazole rings is 1. The molecule has 1 fully saturated rings. The zero-order valence-electron chi connectivity index (χ0n) is 12.8. The Bertz CT molecular complexity index is 669. The lowest BCUT2D eigenvalue weighted by Gasteiger charge is -2.29. The van der Waals surface area contributed by atoms with Crippen LogP contribution in [0.25, 0.3) is 0 Å². The van der Waals surface area contributed by atoms with Crippen molar-refractivity contribution in [1.82, 2.24) is 9.97 Å². The van der Waals surface area contributed by atoms with Crippen LogP contribution in [0, 0.1) is 5.92 Å². The Labute approximate surface area is 131 Å². The number of hydrogen-bond acceptors (Lipinski definition) is 2. The minimum absolute atomic E-state index is 0.300. The molecule has 0 radical (unpaired) electrons. The Kier molecular flexibility index (Phi) is 3.57. The maximum absolute atomic E-state index is 11.9. The van der Waals surface area contributed by atoms with Gasteiger partial charge in [0.25, 0.3) is 0 Å². The molecule has 1 N–H and O–H groups in total. The minimum atomic E-state index is 0.300. The van der Waals surface area contributed by atoms with Crippen molar-refractivity contribution >= 4 is 5.78 Å². The van der Waals surface area contributed by atoms with Crippen molar-refractivity contribution in [3.63, 3.8) is 0 Å². The number of carbonyl (C=O) groups excluding carboxylic acids is 1. The van der Waals surface area contributed by atoms with Gasteiger partial charge in [-0.25, -0.2) is 4.98 Å². The van der Waals surface area contributed by atoms with E-state index < -0.39 is 0 Å². The molecule has 2 aliphatic carbocycles. The summed E-state index contributed by atoms with van der Waals surface area (Å²) in [7, 11) is 0. The fraction of sp³-hybridized carbons (Fsp3) is 0.474. The number of carbonyl (C=O) groups is 1. The Morgan fingerprint density at radius 1 is 1.14 bits per heavy atom. The molecule has 1 saturated carbocycles. The van der Waals surface area contributed by atoms with Gasteiger partial charge < -0.3 is 4.98 Å². The van der Waals surface area contributed by atoms with Gasteiger partial charge in [-0.1, -0.05) is 37.5 Å². The van der Waals surface area contributed by atoms with Crippen LogP contribution in [0.3, 0.4) is 0 Å². The number of nitrogens with one attached hydrogen (secondary N) is 1. The summed E-state index contributed by atoms with van der Waals surface area (Å²) in [6, 6.07) is 6.46. The molecule has 2 aliphatic rings. The smallest absolute Gasteiger partial charge is 0.163 e. The van der Waals surface area contributed by atoms with E-state index >= 15 is 0 Å². The van der Waals surface area contributed by atoms with Gasteiger partial charge in [0.15, 0.2) is 5.78 Å². The lowest BCUT2D eigenvalue weighted by molar-refractivity contribution is 0.0994. The Morgan fingerprint density at radius 3 is 2.77 bits per heavy atom. The molecule has 1 atom stereocenters. The van der Waals surface area contributed by atoms with Gasteiger partial charge in [0.1, 0.15) is 5.82 Å². The van der Waals surface area contributed by atoms with Crippen LogP contribution in [0.1, 0.15) is 71.8 Å². The molecular weight excluding hydrogens is 272 g/mol. The molecule has 0 spiro atoms. The van der Waals surface area contributed by atoms with Gasteiger partial charge in [-0.3, -0.25) is 4.79 Å². The first kappa shape index (κ1) is 13.7. The highest BCUT2D eigenvalue weighted by Gasteiger charge is 2.30. The van der Waals surface area contributed by atoms with Crippen molar-refractivity contribution in [2.75, 3.05) is 0 Å². The third-order valence-corrected chi connectivity index (χ3v) is 5.35. The van der Waals surface area contributed by atoms with Crippen LogP contribution in [-0.4, -0.2) is 15.8 Å². The third-order valence-electron chi connectivity index (χ3n) is 5.35. The highest BCUT2D eigenvalue weighted by molar-refractivity contribution is 6.00. The topological polar surface area (TPSA) is 45.8 Å². The molecule has 22 heavy (non-hydrogen) atoms. The number of benzene rings is 1. The molecule has 0 bridgehead atoms. The summed E-state index contributed by atoms with van der Waals surface area (Å²) in [6.45, 7) is 0. The summed E-state index contributed by atoms with van der Waals surface area (Å²) in [6.07, 6.45) is 11.9. The first-order chi connectivity index (χ1) is 10.8. The molecule has 0 saturated heterocycles. The van der Waals surface area contributed by atoms with Crippen molar-refractivity contribution in [3.8, 4) is 0 Å². The lowest BCUT2D eigenvalue weighted by atomic mass is 9.76. The highest BCUT2D eigenvalue weighted by atomic mass is 16.1. The standard InChI is InChI=1S/C19H22N2O/c22-17-9-7-14-12-15(6-8-16(14)17)18(19-20-10-11-21-19)13-4-2-1-3-5-13/h6,8,10-13,18H,1-5,7,9H2,(H,20,21). The van der Waals surface area contributed by atoms with E-state index in [1.54, 1.807) is 0 Å². The highest BCUT2D eigenvalue weighted by Crippen LogP contribution is 2.40. The molecule has 1 heterocycles. The quantitative estimate of drug-likeness (QED) is 0.919. The third kappa shape index (κ3) is 2.39. The summed E-state index contributed by atoms with van der Waals surface area (Å²) in [5.41, 5.74) is 3.50. The van der Waals surface area contributed by atoms with Crippen molar-refractivity contribution in [1.29, 1.82) is 0 Å². The van der Waals surface area contributed by atoms with Gasteiger partial charge in [0, 0.05) is 30.3 Å². The molecule has 0 aliphatic heterocycles. The molecule has 3 heteroatoms. The average Bonchev–Trinajstić information content (AvgIpc) is 3.20. The van der Waals surface area contributed by atoms with E-state index in [2.05, 4.69) is 22.1 Å². The van der Waals surface area contributed by atoms with Crippen LogP contribution in [0.5, 0.6) is 0 Å². The second-order valence-electron chi connectivity index (χ2n) is 6.69. The number of hydrogen-bond donors (Lipinski definition) is 1. The molecular formula is C19H22N2O. The normalized spacial score (nSPS) is 20.1. The van der Waals surface area contributed by atoms with Crippen LogP contribution >= 0.6 is 0 Å². The van der Waals surface area contributed by atoms with Crippen molar-refractivity contribution in [2.24, 2.45) is 5.92 Å². The van der Waals surface area contributed by atoms with Gasteiger partial charge in [0.2, 0.25) is 0 Å². The monoisotopic (exact) mass is 294 g/mol. The molecule has 3 nitrogen and oxygen atoms in total. The van der Waals surface area contributed by atoms with E-state index in [1.165, 1.54) is 43.2 Å².